The Morgan fingerprint density at radius 3 is 2.82 bits per heavy atom. The molecule has 0 aliphatic carbocycles. The minimum absolute atomic E-state index is 0.641. The lowest BCUT2D eigenvalue weighted by Crippen LogP contribution is -2.19. The van der Waals surface area contributed by atoms with E-state index in [1.807, 2.05) is 40.2 Å². The van der Waals surface area contributed by atoms with Crippen molar-refractivity contribution in [3.8, 4) is 5.88 Å². The summed E-state index contributed by atoms with van der Waals surface area (Å²) in [5.41, 5.74) is 1.86. The van der Waals surface area contributed by atoms with Crippen LogP contribution in [0.15, 0.2) is 12.1 Å². The van der Waals surface area contributed by atoms with Crippen molar-refractivity contribution in [1.29, 1.82) is 0 Å². The first-order valence-electron chi connectivity index (χ1n) is 5.66. The van der Waals surface area contributed by atoms with Crippen molar-refractivity contribution >= 4 is 11.0 Å². The summed E-state index contributed by atoms with van der Waals surface area (Å²) in [4.78, 5) is 6.53. The number of likely N-dealkylation sites (N-methyl/N-ethyl adjacent to an activating group) is 1. The number of rotatable bonds is 4. The molecule has 0 fully saturated rings. The van der Waals surface area contributed by atoms with Crippen LogP contribution in [-0.2, 0) is 7.05 Å². The van der Waals surface area contributed by atoms with Crippen molar-refractivity contribution in [1.82, 2.24) is 19.7 Å². The third kappa shape index (κ3) is 2.55. The van der Waals surface area contributed by atoms with Crippen LogP contribution >= 0.6 is 0 Å². The van der Waals surface area contributed by atoms with Crippen molar-refractivity contribution < 1.29 is 4.74 Å². The molecule has 2 aromatic rings. The molecule has 0 radical (unpaired) electrons. The maximum absolute atomic E-state index is 5.60. The van der Waals surface area contributed by atoms with Gasteiger partial charge in [-0.2, -0.15) is 10.1 Å². The highest BCUT2D eigenvalue weighted by Gasteiger charge is 2.07. The van der Waals surface area contributed by atoms with Crippen LogP contribution in [0.1, 0.15) is 5.69 Å². The van der Waals surface area contributed by atoms with E-state index in [-0.39, 0.29) is 0 Å². The lowest BCUT2D eigenvalue weighted by atomic mass is 10.3. The molecule has 0 saturated carbocycles. The van der Waals surface area contributed by atoms with Crippen LogP contribution in [0, 0.1) is 6.92 Å². The molecule has 17 heavy (non-hydrogen) atoms. The molecule has 0 atom stereocenters. The van der Waals surface area contributed by atoms with E-state index >= 15 is 0 Å². The van der Waals surface area contributed by atoms with Crippen LogP contribution in [0.2, 0.25) is 0 Å². The van der Waals surface area contributed by atoms with Crippen LogP contribution in [0.5, 0.6) is 5.88 Å². The molecular weight excluding hydrogens is 216 g/mol. The highest BCUT2D eigenvalue weighted by atomic mass is 16.5. The molecule has 0 saturated heterocycles. The first kappa shape index (κ1) is 11.9. The van der Waals surface area contributed by atoms with Gasteiger partial charge in [0, 0.05) is 25.0 Å². The van der Waals surface area contributed by atoms with Gasteiger partial charge in [-0.3, -0.25) is 4.68 Å². The number of nitrogens with zero attached hydrogens (tertiary/aromatic N) is 4. The molecule has 5 nitrogen and oxygen atoms in total. The second kappa shape index (κ2) is 4.71. The van der Waals surface area contributed by atoms with Gasteiger partial charge in [-0.25, -0.2) is 0 Å². The lowest BCUT2D eigenvalue weighted by Gasteiger charge is -2.10. The fourth-order valence-electron chi connectivity index (χ4n) is 1.70. The fraction of sp³-hybridized carbons (Fsp3) is 0.500. The molecule has 0 aliphatic rings. The summed E-state index contributed by atoms with van der Waals surface area (Å²) in [7, 11) is 5.93. The first-order chi connectivity index (χ1) is 8.08. The van der Waals surface area contributed by atoms with E-state index in [1.54, 1.807) is 4.68 Å². The molecule has 2 aromatic heterocycles. The molecule has 0 N–H and O–H groups in total. The number of ether oxygens (including phenoxy) is 1. The van der Waals surface area contributed by atoms with Crippen LogP contribution in [0.4, 0.5) is 0 Å². The van der Waals surface area contributed by atoms with Crippen LogP contribution in [0.25, 0.3) is 11.0 Å². The van der Waals surface area contributed by atoms with E-state index in [0.717, 1.165) is 23.3 Å². The SMILES string of the molecule is Cc1nn(C)c2nc(OCCN(C)C)ccc12. The molecule has 0 aliphatic heterocycles. The van der Waals surface area contributed by atoms with Crippen LogP contribution < -0.4 is 4.74 Å². The molecule has 2 heterocycles. The first-order valence-corrected chi connectivity index (χ1v) is 5.66. The Hall–Kier alpha value is -1.62. The van der Waals surface area contributed by atoms with Crippen LogP contribution in [0.3, 0.4) is 0 Å². The summed E-state index contributed by atoms with van der Waals surface area (Å²) in [5, 5.41) is 5.41. The van der Waals surface area contributed by atoms with Crippen molar-refractivity contribution in [3.05, 3.63) is 17.8 Å². The smallest absolute Gasteiger partial charge is 0.215 e. The highest BCUT2D eigenvalue weighted by molar-refractivity contribution is 5.78. The Kier molecular flexibility index (Phi) is 3.28. The van der Waals surface area contributed by atoms with Crippen LogP contribution in [-0.4, -0.2) is 46.9 Å². The molecule has 5 heteroatoms. The molecule has 0 spiro atoms. The van der Waals surface area contributed by atoms with Crippen molar-refractivity contribution in [3.63, 3.8) is 0 Å². The summed E-state index contributed by atoms with van der Waals surface area (Å²) in [6.07, 6.45) is 0. The van der Waals surface area contributed by atoms with Crippen molar-refractivity contribution in [2.24, 2.45) is 7.05 Å². The average molecular weight is 234 g/mol. The lowest BCUT2D eigenvalue weighted by molar-refractivity contribution is 0.254. The Morgan fingerprint density at radius 1 is 1.35 bits per heavy atom. The highest BCUT2D eigenvalue weighted by Crippen LogP contribution is 2.18. The van der Waals surface area contributed by atoms with E-state index in [9.17, 15) is 0 Å². The van der Waals surface area contributed by atoms with Crippen molar-refractivity contribution in [2.45, 2.75) is 6.92 Å². The quantitative estimate of drug-likeness (QED) is 0.797. The molecule has 0 unspecified atom stereocenters. The zero-order valence-corrected chi connectivity index (χ0v) is 10.8. The van der Waals surface area contributed by atoms with E-state index < -0.39 is 0 Å². The molecular formula is C12H18N4O. The normalized spacial score (nSPS) is 11.4. The van der Waals surface area contributed by atoms with Gasteiger partial charge in [0.2, 0.25) is 5.88 Å². The van der Waals surface area contributed by atoms with Gasteiger partial charge in [0.25, 0.3) is 0 Å². The minimum Gasteiger partial charge on any atom is -0.476 e. The summed E-state index contributed by atoms with van der Waals surface area (Å²) < 4.78 is 7.38. The van der Waals surface area contributed by atoms with Gasteiger partial charge < -0.3 is 9.64 Å². The Bertz CT molecular complexity index is 518. The third-order valence-electron chi connectivity index (χ3n) is 2.63. The Labute approximate surface area is 101 Å². The van der Waals surface area contributed by atoms with Gasteiger partial charge >= 0.3 is 0 Å². The van der Waals surface area contributed by atoms with Gasteiger partial charge in [-0.15, -0.1) is 0 Å². The maximum Gasteiger partial charge on any atom is 0.215 e. The summed E-state index contributed by atoms with van der Waals surface area (Å²) in [6, 6.07) is 3.91. The van der Waals surface area contributed by atoms with E-state index in [1.165, 1.54) is 0 Å². The number of fused-ring (bicyclic) bond motifs is 1. The van der Waals surface area contributed by atoms with Gasteiger partial charge in [0.1, 0.15) is 6.61 Å². The summed E-state index contributed by atoms with van der Waals surface area (Å²) in [5.74, 6) is 0.655. The average Bonchev–Trinajstić information content (AvgIpc) is 2.54. The minimum atomic E-state index is 0.641. The number of pyridine rings is 1. The monoisotopic (exact) mass is 234 g/mol. The van der Waals surface area contributed by atoms with E-state index in [2.05, 4.69) is 15.0 Å². The fourth-order valence-corrected chi connectivity index (χ4v) is 1.70. The summed E-state index contributed by atoms with van der Waals surface area (Å²) in [6.45, 7) is 3.50. The predicted octanol–water partition coefficient (Wildman–Crippen LogP) is 1.22. The molecule has 92 valence electrons. The zero-order chi connectivity index (χ0) is 12.4. The second-order valence-corrected chi connectivity index (χ2v) is 4.38. The number of hydrogen-bond donors (Lipinski definition) is 0. The van der Waals surface area contributed by atoms with Gasteiger partial charge in [-0.05, 0) is 27.1 Å². The van der Waals surface area contributed by atoms with Gasteiger partial charge in [0.15, 0.2) is 5.65 Å². The standard InChI is InChI=1S/C12H18N4O/c1-9-10-5-6-11(17-8-7-15(2)3)13-12(10)16(4)14-9/h5-6H,7-8H2,1-4H3. The predicted molar refractivity (Wildman–Crippen MR) is 67.3 cm³/mol. The maximum atomic E-state index is 5.60. The molecule has 0 bridgehead atoms. The number of aromatic nitrogens is 3. The van der Waals surface area contributed by atoms with Gasteiger partial charge in [0.05, 0.1) is 5.69 Å². The van der Waals surface area contributed by atoms with E-state index in [4.69, 9.17) is 4.74 Å². The van der Waals surface area contributed by atoms with Gasteiger partial charge in [-0.1, -0.05) is 0 Å². The summed E-state index contributed by atoms with van der Waals surface area (Å²) >= 11 is 0. The Morgan fingerprint density at radius 2 is 2.12 bits per heavy atom. The topological polar surface area (TPSA) is 43.2 Å². The van der Waals surface area contributed by atoms with Crippen molar-refractivity contribution in [2.75, 3.05) is 27.2 Å². The Balaban J connectivity index is 2.17. The molecule has 2 rings (SSSR count). The third-order valence-corrected chi connectivity index (χ3v) is 2.63. The largest absolute Gasteiger partial charge is 0.476 e. The number of aryl methyl sites for hydroxylation is 2. The molecule has 0 aromatic carbocycles. The zero-order valence-electron chi connectivity index (χ0n) is 10.8. The molecule has 0 amide bonds. The second-order valence-electron chi connectivity index (χ2n) is 4.38. The van der Waals surface area contributed by atoms with E-state index in [0.29, 0.717) is 12.5 Å². The number of hydrogen-bond acceptors (Lipinski definition) is 4.